The molecule has 1 heterocycles. The maximum atomic E-state index is 5.00. The standard InChI is InChI=1S/C17H30N2S/c1-16(2)8-13(9-17(3,4)11-16)18-15-19-14-7-5-6-12(14)10-20-15/h12-14H,5-11H2,1-4H3,(H,18,19). The Hall–Kier alpha value is -0.180. The van der Waals surface area contributed by atoms with E-state index in [-0.39, 0.29) is 0 Å². The molecule has 0 saturated heterocycles. The fraction of sp³-hybridized carbons (Fsp3) is 0.941. The van der Waals surface area contributed by atoms with E-state index in [1.54, 1.807) is 0 Å². The number of amidine groups is 1. The fourth-order valence-corrected chi connectivity index (χ4v) is 6.18. The molecule has 2 fully saturated rings. The van der Waals surface area contributed by atoms with E-state index in [4.69, 9.17) is 4.99 Å². The summed E-state index contributed by atoms with van der Waals surface area (Å²) in [5.41, 5.74) is 0.907. The van der Waals surface area contributed by atoms with Crippen LogP contribution in [0.4, 0.5) is 0 Å². The lowest BCUT2D eigenvalue weighted by Crippen LogP contribution is -2.46. The molecule has 0 aromatic carbocycles. The van der Waals surface area contributed by atoms with E-state index < -0.39 is 0 Å². The number of hydrogen-bond acceptors (Lipinski definition) is 3. The molecule has 3 aliphatic rings. The minimum absolute atomic E-state index is 0.454. The molecule has 2 aliphatic carbocycles. The molecule has 0 amide bonds. The number of thioether (sulfide) groups is 1. The van der Waals surface area contributed by atoms with Gasteiger partial charge >= 0.3 is 0 Å². The van der Waals surface area contributed by atoms with Gasteiger partial charge in [0.15, 0.2) is 5.17 Å². The van der Waals surface area contributed by atoms with Gasteiger partial charge in [-0.15, -0.1) is 0 Å². The Labute approximate surface area is 128 Å². The highest BCUT2D eigenvalue weighted by atomic mass is 32.2. The molecule has 3 heteroatoms. The Bertz CT molecular complexity index is 384. The smallest absolute Gasteiger partial charge is 0.157 e. The lowest BCUT2D eigenvalue weighted by atomic mass is 9.63. The average molecular weight is 295 g/mol. The number of hydrogen-bond donors (Lipinski definition) is 1. The third kappa shape index (κ3) is 3.35. The minimum Gasteiger partial charge on any atom is -0.362 e. The molecule has 2 atom stereocenters. The zero-order valence-corrected chi connectivity index (χ0v) is 14.4. The Morgan fingerprint density at radius 1 is 1.10 bits per heavy atom. The first-order valence-electron chi connectivity index (χ1n) is 8.30. The van der Waals surface area contributed by atoms with Gasteiger partial charge in [0.2, 0.25) is 0 Å². The Morgan fingerprint density at radius 2 is 1.80 bits per heavy atom. The second kappa shape index (κ2) is 5.23. The molecule has 2 saturated carbocycles. The average Bonchev–Trinajstić information content (AvgIpc) is 2.71. The Balaban J connectivity index is 1.65. The molecule has 0 aromatic heterocycles. The van der Waals surface area contributed by atoms with Crippen molar-refractivity contribution in [3.63, 3.8) is 0 Å². The SMILES string of the molecule is CC1(C)CC(NC2=NC3CCCC3CS2)CC(C)(C)C1. The molecule has 2 unspecified atom stereocenters. The van der Waals surface area contributed by atoms with Crippen LogP contribution in [0.15, 0.2) is 4.99 Å². The van der Waals surface area contributed by atoms with Crippen molar-refractivity contribution in [2.75, 3.05) is 5.75 Å². The monoisotopic (exact) mass is 294 g/mol. The predicted molar refractivity (Wildman–Crippen MR) is 89.4 cm³/mol. The van der Waals surface area contributed by atoms with E-state index in [1.807, 2.05) is 11.8 Å². The highest BCUT2D eigenvalue weighted by molar-refractivity contribution is 8.13. The largest absolute Gasteiger partial charge is 0.362 e. The van der Waals surface area contributed by atoms with E-state index in [0.717, 1.165) is 5.92 Å². The predicted octanol–water partition coefficient (Wildman–Crippen LogP) is 4.45. The van der Waals surface area contributed by atoms with Gasteiger partial charge in [-0.1, -0.05) is 45.9 Å². The normalized spacial score (nSPS) is 36.3. The molecule has 114 valence electrons. The molecule has 0 spiro atoms. The van der Waals surface area contributed by atoms with Crippen molar-refractivity contribution in [1.82, 2.24) is 5.32 Å². The summed E-state index contributed by atoms with van der Waals surface area (Å²) >= 11 is 1.97. The first-order chi connectivity index (χ1) is 9.33. The maximum Gasteiger partial charge on any atom is 0.157 e. The van der Waals surface area contributed by atoms with Crippen molar-refractivity contribution in [1.29, 1.82) is 0 Å². The molecule has 1 aliphatic heterocycles. The van der Waals surface area contributed by atoms with Gasteiger partial charge in [-0.05, 0) is 48.9 Å². The number of nitrogens with one attached hydrogen (secondary N) is 1. The topological polar surface area (TPSA) is 24.4 Å². The van der Waals surface area contributed by atoms with Crippen molar-refractivity contribution in [3.05, 3.63) is 0 Å². The highest BCUT2D eigenvalue weighted by Crippen LogP contribution is 2.46. The van der Waals surface area contributed by atoms with Gasteiger partial charge in [-0.3, -0.25) is 4.99 Å². The summed E-state index contributed by atoms with van der Waals surface area (Å²) in [5.74, 6) is 2.15. The number of fused-ring (bicyclic) bond motifs is 1. The summed E-state index contributed by atoms with van der Waals surface area (Å²) in [4.78, 5) is 5.00. The van der Waals surface area contributed by atoms with Crippen LogP contribution >= 0.6 is 11.8 Å². The number of aliphatic imine (C=N–C) groups is 1. The molecule has 3 rings (SSSR count). The van der Waals surface area contributed by atoms with Crippen LogP contribution in [0.1, 0.15) is 66.2 Å². The third-order valence-electron chi connectivity index (χ3n) is 5.22. The van der Waals surface area contributed by atoms with Gasteiger partial charge in [-0.25, -0.2) is 0 Å². The molecule has 0 aromatic rings. The van der Waals surface area contributed by atoms with E-state index in [0.29, 0.717) is 22.9 Å². The van der Waals surface area contributed by atoms with Crippen LogP contribution in [0.2, 0.25) is 0 Å². The van der Waals surface area contributed by atoms with E-state index in [1.165, 1.54) is 49.4 Å². The summed E-state index contributed by atoms with van der Waals surface area (Å²) in [5, 5.41) is 5.04. The zero-order chi connectivity index (χ0) is 14.4. The summed E-state index contributed by atoms with van der Waals surface area (Å²) in [7, 11) is 0. The van der Waals surface area contributed by atoms with Crippen molar-refractivity contribution in [2.45, 2.75) is 78.3 Å². The van der Waals surface area contributed by atoms with Gasteiger partial charge in [0.1, 0.15) is 0 Å². The molecular formula is C17H30N2S. The van der Waals surface area contributed by atoms with Crippen molar-refractivity contribution >= 4 is 16.9 Å². The first-order valence-corrected chi connectivity index (χ1v) is 9.29. The van der Waals surface area contributed by atoms with Crippen molar-refractivity contribution in [3.8, 4) is 0 Å². The third-order valence-corrected chi connectivity index (χ3v) is 6.31. The summed E-state index contributed by atoms with van der Waals surface area (Å²) in [6, 6.07) is 1.24. The van der Waals surface area contributed by atoms with Crippen molar-refractivity contribution in [2.24, 2.45) is 21.7 Å². The molecular weight excluding hydrogens is 264 g/mol. The Morgan fingerprint density at radius 3 is 2.50 bits per heavy atom. The second-order valence-electron chi connectivity index (χ2n) is 8.76. The molecule has 20 heavy (non-hydrogen) atoms. The molecule has 2 nitrogen and oxygen atoms in total. The lowest BCUT2D eigenvalue weighted by Gasteiger charge is -2.45. The number of rotatable bonds is 1. The van der Waals surface area contributed by atoms with Crippen LogP contribution in [0.25, 0.3) is 0 Å². The maximum absolute atomic E-state index is 5.00. The summed E-state index contributed by atoms with van der Waals surface area (Å²) in [6.07, 6.45) is 8.00. The van der Waals surface area contributed by atoms with Crippen LogP contribution in [-0.4, -0.2) is 23.0 Å². The van der Waals surface area contributed by atoms with Crippen LogP contribution in [0.5, 0.6) is 0 Å². The Kier molecular flexibility index (Phi) is 3.85. The van der Waals surface area contributed by atoms with Gasteiger partial charge in [0, 0.05) is 11.8 Å². The van der Waals surface area contributed by atoms with E-state index in [9.17, 15) is 0 Å². The molecule has 0 radical (unpaired) electrons. The summed E-state index contributed by atoms with van der Waals surface area (Å²) in [6.45, 7) is 9.69. The van der Waals surface area contributed by atoms with Gasteiger partial charge in [0.25, 0.3) is 0 Å². The molecule has 1 N–H and O–H groups in total. The summed E-state index contributed by atoms with van der Waals surface area (Å²) < 4.78 is 0. The minimum atomic E-state index is 0.454. The van der Waals surface area contributed by atoms with E-state index in [2.05, 4.69) is 33.0 Å². The fourth-order valence-electron chi connectivity index (χ4n) is 4.96. The van der Waals surface area contributed by atoms with Gasteiger partial charge in [-0.2, -0.15) is 0 Å². The lowest BCUT2D eigenvalue weighted by molar-refractivity contribution is 0.0924. The highest BCUT2D eigenvalue weighted by Gasteiger charge is 2.39. The van der Waals surface area contributed by atoms with Crippen LogP contribution in [0.3, 0.4) is 0 Å². The van der Waals surface area contributed by atoms with Crippen molar-refractivity contribution < 1.29 is 0 Å². The van der Waals surface area contributed by atoms with Crippen LogP contribution in [-0.2, 0) is 0 Å². The second-order valence-corrected chi connectivity index (χ2v) is 9.77. The van der Waals surface area contributed by atoms with Crippen LogP contribution in [0, 0.1) is 16.7 Å². The van der Waals surface area contributed by atoms with Gasteiger partial charge < -0.3 is 5.32 Å². The number of nitrogens with zero attached hydrogens (tertiary/aromatic N) is 1. The first kappa shape index (κ1) is 14.7. The molecule has 0 bridgehead atoms. The quantitative estimate of drug-likeness (QED) is 0.772. The van der Waals surface area contributed by atoms with Crippen LogP contribution < -0.4 is 5.32 Å². The zero-order valence-electron chi connectivity index (χ0n) is 13.5. The van der Waals surface area contributed by atoms with E-state index >= 15 is 0 Å². The van der Waals surface area contributed by atoms with Gasteiger partial charge in [0.05, 0.1) is 6.04 Å².